The van der Waals surface area contributed by atoms with E-state index in [9.17, 15) is 18.0 Å². The maximum atomic E-state index is 12.7. The van der Waals surface area contributed by atoms with Crippen molar-refractivity contribution in [2.75, 3.05) is 37.7 Å². The molecule has 0 bridgehead atoms. The number of amides is 2. The number of fused-ring (bicyclic) bond motifs is 1. The summed E-state index contributed by atoms with van der Waals surface area (Å²) in [6.45, 7) is 5.83. The molecule has 1 atom stereocenters. The molecular formula is C22H27N3O6S2. The lowest BCUT2D eigenvalue weighted by Crippen LogP contribution is -2.32. The number of carbonyl (C=O) groups excluding carboxylic acids is 2. The summed E-state index contributed by atoms with van der Waals surface area (Å²) < 4.78 is 38.0. The van der Waals surface area contributed by atoms with Gasteiger partial charge in [-0.1, -0.05) is 13.8 Å². The van der Waals surface area contributed by atoms with Crippen molar-refractivity contribution in [3.05, 3.63) is 35.2 Å². The molecule has 11 heteroatoms. The minimum atomic E-state index is -3.52. The summed E-state index contributed by atoms with van der Waals surface area (Å²) in [5.74, 6) is 0.391. The van der Waals surface area contributed by atoms with Crippen molar-refractivity contribution in [1.82, 2.24) is 9.62 Å². The largest absolute Gasteiger partial charge is 0.486 e. The number of nitrogens with zero attached hydrogens (tertiary/aromatic N) is 2. The number of carbonyl (C=O) groups is 2. The molecule has 178 valence electrons. The van der Waals surface area contributed by atoms with Gasteiger partial charge in [-0.2, -0.15) is 4.31 Å². The van der Waals surface area contributed by atoms with Crippen LogP contribution in [0, 0.1) is 5.92 Å². The lowest BCUT2D eigenvalue weighted by atomic mass is 10.1. The molecule has 1 fully saturated rings. The molecule has 0 spiro atoms. The van der Waals surface area contributed by atoms with Crippen molar-refractivity contribution < 1.29 is 27.5 Å². The van der Waals surface area contributed by atoms with Crippen molar-refractivity contribution in [3.8, 4) is 11.5 Å². The highest BCUT2D eigenvalue weighted by atomic mass is 32.2. The van der Waals surface area contributed by atoms with Gasteiger partial charge in [0.05, 0.1) is 12.5 Å². The number of anilines is 1. The second-order valence-electron chi connectivity index (χ2n) is 7.76. The van der Waals surface area contributed by atoms with Gasteiger partial charge in [0.15, 0.2) is 11.5 Å². The number of ether oxygens (including phenoxy) is 2. The zero-order valence-electron chi connectivity index (χ0n) is 18.6. The van der Waals surface area contributed by atoms with E-state index in [2.05, 4.69) is 5.32 Å². The van der Waals surface area contributed by atoms with Crippen LogP contribution in [0.5, 0.6) is 11.5 Å². The Morgan fingerprint density at radius 3 is 2.61 bits per heavy atom. The predicted octanol–water partition coefficient (Wildman–Crippen LogP) is 2.22. The van der Waals surface area contributed by atoms with Gasteiger partial charge >= 0.3 is 0 Å². The average molecular weight is 494 g/mol. The Hall–Kier alpha value is -2.63. The molecule has 33 heavy (non-hydrogen) atoms. The Bertz CT molecular complexity index is 1140. The van der Waals surface area contributed by atoms with Gasteiger partial charge in [-0.05, 0) is 24.3 Å². The molecule has 0 radical (unpaired) electrons. The van der Waals surface area contributed by atoms with Crippen LogP contribution in [0.25, 0.3) is 0 Å². The van der Waals surface area contributed by atoms with E-state index in [1.165, 1.54) is 4.31 Å². The van der Waals surface area contributed by atoms with Crippen molar-refractivity contribution in [2.45, 2.75) is 31.0 Å². The summed E-state index contributed by atoms with van der Waals surface area (Å²) in [5.41, 5.74) is 0.670. The van der Waals surface area contributed by atoms with Gasteiger partial charge in [0.2, 0.25) is 11.8 Å². The zero-order valence-corrected chi connectivity index (χ0v) is 20.2. The third-order valence-electron chi connectivity index (χ3n) is 5.71. The number of hydrogen-bond donors (Lipinski definition) is 1. The number of nitrogens with one attached hydrogen (secondary N) is 1. The quantitative estimate of drug-likeness (QED) is 0.605. The second-order valence-corrected chi connectivity index (χ2v) is 11.1. The Labute approximate surface area is 197 Å². The van der Waals surface area contributed by atoms with Crippen molar-refractivity contribution in [1.29, 1.82) is 0 Å². The Morgan fingerprint density at radius 2 is 1.88 bits per heavy atom. The Kier molecular flexibility index (Phi) is 6.91. The number of thiophene rings is 1. The molecule has 1 aromatic carbocycles. The SMILES string of the molecule is CCN(CC)S(=O)(=O)c1ccc(CNC(=O)[C@H]2CC(=O)N(c3ccc4c(c3)OCCO4)C2)s1. The van der Waals surface area contributed by atoms with E-state index in [-0.39, 0.29) is 35.5 Å². The Balaban J connectivity index is 1.36. The van der Waals surface area contributed by atoms with E-state index >= 15 is 0 Å². The highest BCUT2D eigenvalue weighted by Crippen LogP contribution is 2.36. The highest BCUT2D eigenvalue weighted by molar-refractivity contribution is 7.91. The fourth-order valence-corrected chi connectivity index (χ4v) is 6.84. The monoisotopic (exact) mass is 493 g/mol. The summed E-state index contributed by atoms with van der Waals surface area (Å²) in [6.07, 6.45) is 0.117. The fourth-order valence-electron chi connectivity index (χ4n) is 3.93. The van der Waals surface area contributed by atoms with E-state index in [4.69, 9.17) is 9.47 Å². The van der Waals surface area contributed by atoms with E-state index in [0.717, 1.165) is 16.2 Å². The van der Waals surface area contributed by atoms with E-state index in [0.29, 0.717) is 43.5 Å². The summed E-state index contributed by atoms with van der Waals surface area (Å²) in [6, 6.07) is 8.60. The third-order valence-corrected chi connectivity index (χ3v) is 9.31. The molecule has 2 aliphatic rings. The fraction of sp³-hybridized carbons (Fsp3) is 0.455. The van der Waals surface area contributed by atoms with Crippen molar-refractivity contribution in [3.63, 3.8) is 0 Å². The Morgan fingerprint density at radius 1 is 1.15 bits per heavy atom. The number of benzene rings is 1. The molecule has 4 rings (SSSR count). The van der Waals surface area contributed by atoms with Crippen LogP contribution in [0.3, 0.4) is 0 Å². The van der Waals surface area contributed by atoms with Gasteiger partial charge in [-0.15, -0.1) is 11.3 Å². The molecule has 3 heterocycles. The molecule has 1 aromatic heterocycles. The first-order valence-electron chi connectivity index (χ1n) is 10.9. The smallest absolute Gasteiger partial charge is 0.252 e. The first-order chi connectivity index (χ1) is 15.8. The van der Waals surface area contributed by atoms with Crippen molar-refractivity contribution >= 4 is 38.9 Å². The first-order valence-corrected chi connectivity index (χ1v) is 13.2. The summed E-state index contributed by atoms with van der Waals surface area (Å²) in [5, 5.41) is 2.84. The maximum Gasteiger partial charge on any atom is 0.252 e. The van der Waals surface area contributed by atoms with Gasteiger partial charge < -0.3 is 19.7 Å². The molecule has 9 nitrogen and oxygen atoms in total. The van der Waals surface area contributed by atoms with Gasteiger partial charge in [-0.25, -0.2) is 8.42 Å². The molecule has 2 aromatic rings. The molecule has 0 aliphatic carbocycles. The van der Waals surface area contributed by atoms with Gasteiger partial charge in [0.25, 0.3) is 10.0 Å². The van der Waals surface area contributed by atoms with Crippen LogP contribution < -0.4 is 19.7 Å². The maximum absolute atomic E-state index is 12.7. The van der Waals surface area contributed by atoms with Crippen LogP contribution in [-0.2, 0) is 26.2 Å². The lowest BCUT2D eigenvalue weighted by Gasteiger charge is -2.22. The minimum absolute atomic E-state index is 0.117. The van der Waals surface area contributed by atoms with Crippen LogP contribution in [0.2, 0.25) is 0 Å². The topological polar surface area (TPSA) is 105 Å². The van der Waals surface area contributed by atoms with E-state index < -0.39 is 15.9 Å². The lowest BCUT2D eigenvalue weighted by molar-refractivity contribution is -0.126. The van der Waals surface area contributed by atoms with Crippen LogP contribution in [0.1, 0.15) is 25.1 Å². The summed E-state index contributed by atoms with van der Waals surface area (Å²) in [7, 11) is -3.52. The molecule has 0 unspecified atom stereocenters. The predicted molar refractivity (Wildman–Crippen MR) is 124 cm³/mol. The molecule has 0 saturated carbocycles. The first kappa shape index (κ1) is 23.5. The van der Waals surface area contributed by atoms with Crippen LogP contribution in [0.15, 0.2) is 34.5 Å². The van der Waals surface area contributed by atoms with E-state index in [1.807, 2.05) is 0 Å². The average Bonchev–Trinajstić information content (AvgIpc) is 3.45. The summed E-state index contributed by atoms with van der Waals surface area (Å²) >= 11 is 1.15. The van der Waals surface area contributed by atoms with Crippen LogP contribution in [0.4, 0.5) is 5.69 Å². The molecule has 1 saturated heterocycles. The van der Waals surface area contributed by atoms with Crippen LogP contribution >= 0.6 is 11.3 Å². The van der Waals surface area contributed by atoms with Gasteiger partial charge in [0.1, 0.15) is 17.4 Å². The van der Waals surface area contributed by atoms with Crippen molar-refractivity contribution in [2.24, 2.45) is 5.92 Å². The van der Waals surface area contributed by atoms with Crippen LogP contribution in [-0.4, -0.2) is 57.4 Å². The normalized spacial score (nSPS) is 18.1. The van der Waals surface area contributed by atoms with Gasteiger partial charge in [0, 0.05) is 42.7 Å². The number of hydrogen-bond acceptors (Lipinski definition) is 7. The summed E-state index contributed by atoms with van der Waals surface area (Å²) in [4.78, 5) is 27.6. The molecule has 2 aliphatic heterocycles. The molecular weight excluding hydrogens is 466 g/mol. The van der Waals surface area contributed by atoms with E-state index in [1.54, 1.807) is 49.1 Å². The van der Waals surface area contributed by atoms with Gasteiger partial charge in [-0.3, -0.25) is 9.59 Å². The zero-order chi connectivity index (χ0) is 23.6. The second kappa shape index (κ2) is 9.70. The minimum Gasteiger partial charge on any atom is -0.486 e. The molecule has 1 N–H and O–H groups in total. The number of rotatable bonds is 8. The number of sulfonamides is 1. The third kappa shape index (κ3) is 4.85. The molecule has 2 amide bonds. The standard InChI is InChI=1S/C22H27N3O6S2/c1-3-24(4-2)33(28,29)21-8-6-17(32-21)13-23-22(27)15-11-20(26)25(14-15)16-5-7-18-19(12-16)31-10-9-30-18/h5-8,12,15H,3-4,9-11,13-14H2,1-2H3,(H,23,27)/t15-/m0/s1. The highest BCUT2D eigenvalue weighted by Gasteiger charge is 2.35.